The van der Waals surface area contributed by atoms with E-state index in [1.165, 1.54) is 0 Å². The van der Waals surface area contributed by atoms with Gasteiger partial charge in [-0.05, 0) is 117 Å². The topological polar surface area (TPSA) is 136 Å². The Kier molecular flexibility index (Phi) is 17.3. The molecule has 0 heterocycles. The zero-order chi connectivity index (χ0) is 53.2. The molecule has 0 amide bonds. The molecule has 0 saturated carbocycles. The predicted octanol–water partition coefficient (Wildman–Crippen LogP) is 15.6. The number of phosphoric ester groups is 2. The second kappa shape index (κ2) is 22.0. The summed E-state index contributed by atoms with van der Waals surface area (Å²) in [5.41, 5.74) is 7.74. The quantitative estimate of drug-likeness (QED) is 0.0634. The molecule has 0 radical (unpaired) electrons. The summed E-state index contributed by atoms with van der Waals surface area (Å²) in [4.78, 5) is 14.4. The van der Waals surface area contributed by atoms with Crippen molar-refractivity contribution >= 4 is 21.6 Å². The van der Waals surface area contributed by atoms with E-state index in [1.54, 1.807) is 52.0 Å². The third-order valence-electron chi connectivity index (χ3n) is 12.7. The number of fused-ring (bicyclic) bond motifs is 8. The second-order valence-electron chi connectivity index (χ2n) is 22.7. The van der Waals surface area contributed by atoms with Gasteiger partial charge in [0.15, 0.2) is 0 Å². The van der Waals surface area contributed by atoms with Gasteiger partial charge in [0, 0.05) is 36.8 Å². The largest absolute Gasteiger partial charge is 0.530 e. The molecular formula is C59H78O11P2. The number of phosphoric acid groups is 2. The van der Waals surface area contributed by atoms with Gasteiger partial charge < -0.3 is 18.9 Å². The highest BCUT2D eigenvalue weighted by Gasteiger charge is 2.36. The van der Waals surface area contributed by atoms with Crippen LogP contribution < -0.4 is 13.8 Å². The number of phenols is 1. The van der Waals surface area contributed by atoms with Gasteiger partial charge in [0.05, 0.1) is 32.0 Å². The fourth-order valence-corrected chi connectivity index (χ4v) is 11.3. The Hall–Kier alpha value is -4.73. The molecule has 0 fully saturated rings. The first-order valence-electron chi connectivity index (χ1n) is 25.3. The molecular weight excluding hydrogens is 947 g/mol. The molecule has 5 aromatic carbocycles. The Morgan fingerprint density at radius 2 is 0.708 bits per heavy atom. The van der Waals surface area contributed by atoms with Crippen LogP contribution in [0.15, 0.2) is 78.9 Å². The van der Waals surface area contributed by atoms with Crippen LogP contribution in [0.4, 0.5) is 0 Å². The number of aromatic hydroxyl groups is 1. The maximum atomic E-state index is 14.8. The van der Waals surface area contributed by atoms with Gasteiger partial charge in [-0.1, -0.05) is 150 Å². The number of benzene rings is 5. The average molecular weight is 1030 g/mol. The first-order chi connectivity index (χ1) is 33.5. The summed E-state index contributed by atoms with van der Waals surface area (Å²) in [6.07, 6.45) is 0.574. The molecule has 0 aliphatic heterocycles. The van der Waals surface area contributed by atoms with Gasteiger partial charge in [0.1, 0.15) is 23.0 Å². The Labute approximate surface area is 429 Å². The molecule has 72 heavy (non-hydrogen) atoms. The fraction of sp³-hybridized carbons (Fsp3) is 0.475. The molecule has 390 valence electrons. The normalized spacial score (nSPS) is 13.7. The molecule has 0 aromatic heterocycles. The van der Waals surface area contributed by atoms with E-state index in [0.29, 0.717) is 55.8 Å². The minimum absolute atomic E-state index is 0.0433. The zero-order valence-electron chi connectivity index (χ0n) is 45.6. The lowest BCUT2D eigenvalue weighted by molar-refractivity contribution is 0.0731. The molecule has 0 saturated heterocycles. The van der Waals surface area contributed by atoms with Crippen molar-refractivity contribution in [1.29, 1.82) is 0 Å². The maximum Gasteiger partial charge on any atom is 0.530 e. The van der Waals surface area contributed by atoms with Crippen LogP contribution in [0.2, 0.25) is 0 Å². The SMILES string of the molecule is CCOP(=O)(OCC)Oc1c2cc(C(C)(C)C)cc1Cc1cc(C(C)(C)C)cc(c1OP(=O)(OCC)OCC)Cc1cc(C(C)(C)C)cc(c1OC(=O)c1ccccc1)Cc1cc(C(C)(C)C)cc(c1O)C2. The molecule has 8 bridgehead atoms. The molecule has 13 heteroatoms. The standard InChI is InChI=1S/C59H78O11P2/c1-17-64-71(62,65-18-2)69-53-43-27-40-31-47(56(5,6)7)30-39(51(40)60)26-41-32-48(57(8,9)10)33-42(52(41)68-55(61)38-24-22-21-23-25-38)28-44-35-50(59(14,15)16)37-46(29-45(53)36-49(34-43)58(11,12)13)54(44)70-72(63,66-19-3)67-20-4/h21-25,30-37,60H,17-20,26-29H2,1-16H3. The van der Waals surface area contributed by atoms with E-state index in [1.807, 2.05) is 42.5 Å². The number of rotatable bonds is 14. The van der Waals surface area contributed by atoms with Crippen LogP contribution in [0.25, 0.3) is 0 Å². The van der Waals surface area contributed by atoms with Crippen LogP contribution >= 0.6 is 15.6 Å². The van der Waals surface area contributed by atoms with E-state index in [4.69, 9.17) is 31.9 Å². The average Bonchev–Trinajstić information content (AvgIpc) is 3.26. The summed E-state index contributed by atoms with van der Waals surface area (Å²) in [7, 11) is -8.53. The van der Waals surface area contributed by atoms with Gasteiger partial charge >= 0.3 is 21.6 Å². The van der Waals surface area contributed by atoms with Crippen LogP contribution in [0.5, 0.6) is 23.0 Å². The van der Waals surface area contributed by atoms with E-state index in [9.17, 15) is 19.0 Å². The number of hydrogen-bond acceptors (Lipinski definition) is 11. The molecule has 0 spiro atoms. The van der Waals surface area contributed by atoms with E-state index >= 15 is 0 Å². The number of hydrogen-bond donors (Lipinski definition) is 1. The first kappa shape index (κ1) is 56.6. The van der Waals surface area contributed by atoms with Crippen LogP contribution in [-0.2, 0) is 74.6 Å². The van der Waals surface area contributed by atoms with E-state index in [2.05, 4.69) is 95.2 Å². The Morgan fingerprint density at radius 3 is 0.986 bits per heavy atom. The van der Waals surface area contributed by atoms with Crippen LogP contribution in [-0.4, -0.2) is 37.5 Å². The van der Waals surface area contributed by atoms with E-state index < -0.39 is 32.4 Å². The van der Waals surface area contributed by atoms with Crippen LogP contribution in [0, 0.1) is 0 Å². The number of esters is 1. The van der Waals surface area contributed by atoms with Gasteiger partial charge in [-0.15, -0.1) is 0 Å². The van der Waals surface area contributed by atoms with Crippen molar-refractivity contribution in [2.75, 3.05) is 26.4 Å². The predicted molar refractivity (Wildman–Crippen MR) is 288 cm³/mol. The van der Waals surface area contributed by atoms with Crippen molar-refractivity contribution in [1.82, 2.24) is 0 Å². The Morgan fingerprint density at radius 1 is 0.444 bits per heavy atom. The van der Waals surface area contributed by atoms with Gasteiger partial charge in [-0.2, -0.15) is 0 Å². The van der Waals surface area contributed by atoms with Crippen molar-refractivity contribution in [3.8, 4) is 23.0 Å². The number of carbonyl (C=O) groups excluding carboxylic acids is 1. The van der Waals surface area contributed by atoms with Gasteiger partial charge in [-0.25, -0.2) is 13.9 Å². The molecule has 5 aromatic rings. The Bertz CT molecular complexity index is 2840. The molecule has 1 aliphatic carbocycles. The third kappa shape index (κ3) is 13.5. The lowest BCUT2D eigenvalue weighted by Crippen LogP contribution is -2.18. The minimum atomic E-state index is -4.29. The van der Waals surface area contributed by atoms with Crippen molar-refractivity contribution in [3.05, 3.63) is 151 Å². The zero-order valence-corrected chi connectivity index (χ0v) is 47.4. The molecule has 6 rings (SSSR count). The highest BCUT2D eigenvalue weighted by molar-refractivity contribution is 7.49. The number of ether oxygens (including phenoxy) is 1. The van der Waals surface area contributed by atoms with Crippen molar-refractivity contribution < 1.29 is 50.9 Å². The number of carbonyl (C=O) groups is 1. The van der Waals surface area contributed by atoms with Crippen LogP contribution in [0.1, 0.15) is 188 Å². The monoisotopic (exact) mass is 1020 g/mol. The molecule has 0 unspecified atom stereocenters. The van der Waals surface area contributed by atoms with Crippen molar-refractivity contribution in [2.45, 2.75) is 158 Å². The van der Waals surface area contributed by atoms with Gasteiger partial charge in [0.25, 0.3) is 0 Å². The van der Waals surface area contributed by atoms with E-state index in [-0.39, 0.29) is 80.2 Å². The van der Waals surface area contributed by atoms with Crippen molar-refractivity contribution in [2.24, 2.45) is 0 Å². The lowest BCUT2D eigenvalue weighted by Gasteiger charge is -2.29. The second-order valence-corrected chi connectivity index (χ2v) is 25.9. The smallest absolute Gasteiger partial charge is 0.507 e. The van der Waals surface area contributed by atoms with E-state index in [0.717, 1.165) is 22.3 Å². The number of phenolic OH excluding ortho intramolecular Hbond substituents is 1. The third-order valence-corrected chi connectivity index (χ3v) is 15.9. The summed E-state index contributed by atoms with van der Waals surface area (Å²) in [6.45, 7) is 32.7. The summed E-state index contributed by atoms with van der Waals surface area (Å²) < 4.78 is 72.9. The highest BCUT2D eigenvalue weighted by atomic mass is 31.2. The van der Waals surface area contributed by atoms with Gasteiger partial charge in [0.2, 0.25) is 0 Å². The summed E-state index contributed by atoms with van der Waals surface area (Å²) in [5, 5.41) is 12.7. The first-order valence-corrected chi connectivity index (χ1v) is 28.2. The highest BCUT2D eigenvalue weighted by Crippen LogP contribution is 2.55. The summed E-state index contributed by atoms with van der Waals surface area (Å²) >= 11 is 0. The lowest BCUT2D eigenvalue weighted by atomic mass is 9.79. The van der Waals surface area contributed by atoms with Crippen LogP contribution in [0.3, 0.4) is 0 Å². The molecule has 0 atom stereocenters. The molecule has 11 nitrogen and oxygen atoms in total. The Balaban J connectivity index is 1.85. The minimum Gasteiger partial charge on any atom is -0.507 e. The van der Waals surface area contributed by atoms with Gasteiger partial charge in [-0.3, -0.25) is 18.1 Å². The van der Waals surface area contributed by atoms with Crippen molar-refractivity contribution in [3.63, 3.8) is 0 Å². The maximum absolute atomic E-state index is 14.8. The molecule has 1 N–H and O–H groups in total. The molecule has 1 aliphatic rings. The summed E-state index contributed by atoms with van der Waals surface area (Å²) in [5.74, 6) is 0.398. The summed E-state index contributed by atoms with van der Waals surface area (Å²) in [6, 6.07) is 25.2. The fourth-order valence-electron chi connectivity index (χ4n) is 8.76.